The second-order valence-corrected chi connectivity index (χ2v) is 6.51. The first-order valence-electron chi connectivity index (χ1n) is 7.37. The van der Waals surface area contributed by atoms with Crippen LogP contribution >= 0.6 is 24.8 Å². The van der Waals surface area contributed by atoms with E-state index in [4.69, 9.17) is 0 Å². The molecule has 1 aromatic carbocycles. The Bertz CT molecular complexity index is 464. The highest BCUT2D eigenvalue weighted by atomic mass is 35.5. The number of hydrogen-bond donors (Lipinski definition) is 1. The van der Waals surface area contributed by atoms with Crippen molar-refractivity contribution in [1.29, 1.82) is 0 Å². The van der Waals surface area contributed by atoms with Crippen LogP contribution in [0.15, 0.2) is 24.3 Å². The number of hydrogen-bond acceptors (Lipinski definition) is 3. The molecule has 1 aliphatic heterocycles. The number of alkyl halides is 2. The summed E-state index contributed by atoms with van der Waals surface area (Å²) in [6.45, 7) is 7.59. The van der Waals surface area contributed by atoms with Crippen LogP contribution in [0.3, 0.4) is 0 Å². The molecule has 1 fully saturated rings. The summed E-state index contributed by atoms with van der Waals surface area (Å²) in [5.41, 5.74) is 1.04. The summed E-state index contributed by atoms with van der Waals surface area (Å²) in [6, 6.07) is 7.28. The van der Waals surface area contributed by atoms with E-state index in [0.717, 1.165) is 31.7 Å². The molecule has 0 aliphatic carbocycles. The van der Waals surface area contributed by atoms with Crippen molar-refractivity contribution < 1.29 is 13.5 Å². The zero-order valence-corrected chi connectivity index (χ0v) is 15.4. The van der Waals surface area contributed by atoms with Crippen LogP contribution in [0.1, 0.15) is 32.4 Å². The van der Waals surface area contributed by atoms with Gasteiger partial charge in [0.15, 0.2) is 0 Å². The highest BCUT2D eigenvalue weighted by molar-refractivity contribution is 5.85. The highest BCUT2D eigenvalue weighted by Crippen LogP contribution is 2.39. The topological polar surface area (TPSA) is 24.5 Å². The van der Waals surface area contributed by atoms with Crippen molar-refractivity contribution in [3.63, 3.8) is 0 Å². The molecular weight excluding hydrogens is 345 g/mol. The van der Waals surface area contributed by atoms with Crippen LogP contribution in [-0.4, -0.2) is 37.7 Å². The van der Waals surface area contributed by atoms with Gasteiger partial charge >= 0.3 is 6.61 Å². The first kappa shape index (κ1) is 22.4. The van der Waals surface area contributed by atoms with Crippen LogP contribution in [0.4, 0.5) is 8.78 Å². The van der Waals surface area contributed by atoms with E-state index in [0.29, 0.717) is 0 Å². The Morgan fingerprint density at radius 2 is 1.74 bits per heavy atom. The molecule has 1 saturated heterocycles. The van der Waals surface area contributed by atoms with E-state index in [9.17, 15) is 8.78 Å². The first-order chi connectivity index (χ1) is 9.88. The largest absolute Gasteiger partial charge is 0.435 e. The van der Waals surface area contributed by atoms with E-state index < -0.39 is 6.61 Å². The molecule has 134 valence electrons. The van der Waals surface area contributed by atoms with Crippen molar-refractivity contribution in [2.24, 2.45) is 5.41 Å². The smallest absolute Gasteiger partial charge is 0.387 e. The Morgan fingerprint density at radius 1 is 1.13 bits per heavy atom. The summed E-state index contributed by atoms with van der Waals surface area (Å²) in [6.07, 6.45) is 0. The maximum Gasteiger partial charge on any atom is 0.387 e. The zero-order chi connectivity index (χ0) is 15.5. The molecule has 0 bridgehead atoms. The van der Waals surface area contributed by atoms with Crippen molar-refractivity contribution in [2.45, 2.75) is 33.4 Å². The lowest BCUT2D eigenvalue weighted by atomic mass is 9.81. The van der Waals surface area contributed by atoms with Crippen molar-refractivity contribution in [3.05, 3.63) is 29.8 Å². The molecule has 0 unspecified atom stereocenters. The maximum absolute atomic E-state index is 12.4. The van der Waals surface area contributed by atoms with Crippen LogP contribution in [0.2, 0.25) is 0 Å². The van der Waals surface area contributed by atoms with Gasteiger partial charge in [-0.3, -0.25) is 4.90 Å². The summed E-state index contributed by atoms with van der Waals surface area (Å²) in [4.78, 5) is 2.41. The van der Waals surface area contributed by atoms with Crippen LogP contribution in [0.5, 0.6) is 5.75 Å². The Hall–Kier alpha value is -0.620. The molecule has 23 heavy (non-hydrogen) atoms. The molecule has 1 aromatic rings. The van der Waals surface area contributed by atoms with E-state index in [-0.39, 0.29) is 42.0 Å². The summed E-state index contributed by atoms with van der Waals surface area (Å²) in [7, 11) is 0. The molecule has 0 radical (unpaired) electrons. The summed E-state index contributed by atoms with van der Waals surface area (Å²) in [5.74, 6) is 0.229. The van der Waals surface area contributed by atoms with Crippen molar-refractivity contribution >= 4 is 24.8 Å². The van der Waals surface area contributed by atoms with Gasteiger partial charge in [-0.1, -0.05) is 32.9 Å². The van der Waals surface area contributed by atoms with Gasteiger partial charge in [0.05, 0.1) is 0 Å². The first-order valence-corrected chi connectivity index (χ1v) is 7.37. The van der Waals surface area contributed by atoms with Gasteiger partial charge in [-0.25, -0.2) is 0 Å². The van der Waals surface area contributed by atoms with Crippen molar-refractivity contribution in [1.82, 2.24) is 10.2 Å². The SMILES string of the molecule is CC(C)(C)[C@H](c1cccc(OC(F)F)c1)N1CCNCC1.Cl.Cl. The van der Waals surface area contributed by atoms with E-state index in [1.165, 1.54) is 0 Å². The fourth-order valence-electron chi connectivity index (χ4n) is 3.06. The fourth-order valence-corrected chi connectivity index (χ4v) is 3.06. The summed E-state index contributed by atoms with van der Waals surface area (Å²) < 4.78 is 29.3. The van der Waals surface area contributed by atoms with Gasteiger partial charge in [0.25, 0.3) is 0 Å². The van der Waals surface area contributed by atoms with Gasteiger partial charge in [-0.15, -0.1) is 24.8 Å². The number of nitrogens with zero attached hydrogens (tertiary/aromatic N) is 1. The monoisotopic (exact) mass is 370 g/mol. The normalized spacial score (nSPS) is 17.1. The second-order valence-electron chi connectivity index (χ2n) is 6.51. The number of benzene rings is 1. The lowest BCUT2D eigenvalue weighted by molar-refractivity contribution is -0.0499. The highest BCUT2D eigenvalue weighted by Gasteiger charge is 2.32. The number of nitrogens with one attached hydrogen (secondary N) is 1. The van der Waals surface area contributed by atoms with Crippen LogP contribution in [0.25, 0.3) is 0 Å². The van der Waals surface area contributed by atoms with Gasteiger partial charge < -0.3 is 10.1 Å². The Morgan fingerprint density at radius 3 is 2.26 bits per heavy atom. The molecule has 1 N–H and O–H groups in total. The average molecular weight is 371 g/mol. The van der Waals surface area contributed by atoms with Crippen LogP contribution < -0.4 is 10.1 Å². The van der Waals surface area contributed by atoms with E-state index in [1.54, 1.807) is 18.2 Å². The van der Waals surface area contributed by atoms with Gasteiger partial charge in [-0.2, -0.15) is 8.78 Å². The van der Waals surface area contributed by atoms with E-state index >= 15 is 0 Å². The Kier molecular flexibility index (Phi) is 9.36. The van der Waals surface area contributed by atoms with Crippen LogP contribution in [-0.2, 0) is 0 Å². The summed E-state index contributed by atoms with van der Waals surface area (Å²) in [5, 5.41) is 3.34. The van der Waals surface area contributed by atoms with Gasteiger partial charge in [-0.05, 0) is 23.1 Å². The third-order valence-electron chi connectivity index (χ3n) is 3.74. The molecule has 0 saturated carbocycles. The van der Waals surface area contributed by atoms with Crippen molar-refractivity contribution in [3.8, 4) is 5.75 Å². The van der Waals surface area contributed by atoms with E-state index in [1.807, 2.05) is 6.07 Å². The predicted octanol–water partition coefficient (Wildman–Crippen LogP) is 4.12. The molecule has 1 atom stereocenters. The molecule has 7 heteroatoms. The van der Waals surface area contributed by atoms with Gasteiger partial charge in [0.2, 0.25) is 0 Å². The van der Waals surface area contributed by atoms with E-state index in [2.05, 4.69) is 35.7 Å². The standard InChI is InChI=1S/C16H24F2N2O.2ClH/c1-16(2,3)14(20-9-7-19-8-10-20)12-5-4-6-13(11-12)21-15(17)18;;/h4-6,11,14-15,19H,7-10H2,1-3H3;2*1H/t14-;;/m0../s1. The number of rotatable bonds is 4. The second kappa shape index (κ2) is 9.62. The minimum atomic E-state index is -2.78. The minimum Gasteiger partial charge on any atom is -0.435 e. The van der Waals surface area contributed by atoms with Gasteiger partial charge in [0, 0.05) is 32.2 Å². The number of ether oxygens (including phenoxy) is 1. The lowest BCUT2D eigenvalue weighted by Crippen LogP contribution is -2.48. The average Bonchev–Trinajstić information content (AvgIpc) is 2.38. The number of piperazine rings is 1. The molecular formula is C16H26Cl2F2N2O. The van der Waals surface area contributed by atoms with Crippen molar-refractivity contribution in [2.75, 3.05) is 26.2 Å². The fraction of sp³-hybridized carbons (Fsp3) is 0.625. The van der Waals surface area contributed by atoms with Crippen LogP contribution in [0, 0.1) is 5.41 Å². The minimum absolute atomic E-state index is 0. The quantitative estimate of drug-likeness (QED) is 0.862. The maximum atomic E-state index is 12.4. The number of halogens is 4. The molecule has 3 nitrogen and oxygen atoms in total. The molecule has 0 spiro atoms. The Balaban J connectivity index is 0.00000242. The molecule has 2 rings (SSSR count). The summed E-state index contributed by atoms with van der Waals surface area (Å²) >= 11 is 0. The molecule has 1 aliphatic rings. The molecule has 0 amide bonds. The van der Waals surface area contributed by atoms with Gasteiger partial charge in [0.1, 0.15) is 5.75 Å². The molecule has 0 aromatic heterocycles. The third-order valence-corrected chi connectivity index (χ3v) is 3.74. The lowest BCUT2D eigenvalue weighted by Gasteiger charge is -2.42. The Labute approximate surface area is 149 Å². The third kappa shape index (κ3) is 6.42. The zero-order valence-electron chi connectivity index (χ0n) is 13.7. The predicted molar refractivity (Wildman–Crippen MR) is 94.2 cm³/mol. The molecule has 1 heterocycles.